The first kappa shape index (κ1) is 13.7. The number of carbonyl (C=O) groups is 1. The molecule has 0 aromatic carbocycles. The molecule has 2 heterocycles. The first-order chi connectivity index (χ1) is 9.65. The van der Waals surface area contributed by atoms with Gasteiger partial charge in [-0.15, -0.1) is 10.2 Å². The Bertz CT molecular complexity index is 499. The van der Waals surface area contributed by atoms with Crippen LogP contribution >= 0.6 is 11.8 Å². The Labute approximate surface area is 123 Å². The fourth-order valence-corrected chi connectivity index (χ4v) is 3.41. The van der Waals surface area contributed by atoms with E-state index in [0.717, 1.165) is 38.2 Å². The normalized spacial score (nSPS) is 23.1. The van der Waals surface area contributed by atoms with Crippen molar-refractivity contribution in [1.29, 1.82) is 0 Å². The van der Waals surface area contributed by atoms with E-state index in [1.54, 1.807) is 4.68 Å². The molecule has 1 aliphatic carbocycles. The molecule has 0 radical (unpaired) electrons. The highest BCUT2D eigenvalue weighted by atomic mass is 32.2. The fraction of sp³-hybridized carbons (Fsp3) is 0.769. The summed E-state index contributed by atoms with van der Waals surface area (Å²) in [6, 6.07) is 0. The maximum Gasteiger partial charge on any atom is 0.233 e. The molecular weight excluding hydrogens is 274 g/mol. The van der Waals surface area contributed by atoms with Gasteiger partial charge < -0.3 is 10.7 Å². The third kappa shape index (κ3) is 2.92. The minimum absolute atomic E-state index is 0.178. The second-order valence-corrected chi connectivity index (χ2v) is 6.80. The molecule has 0 spiro atoms. The first-order valence-corrected chi connectivity index (χ1v) is 8.24. The number of aromatic nitrogens is 3. The Kier molecular flexibility index (Phi) is 3.87. The Morgan fingerprint density at radius 1 is 1.40 bits per heavy atom. The summed E-state index contributed by atoms with van der Waals surface area (Å²) >= 11 is 1.39. The SMILES string of the molecule is C[C@H]1CCCN(C(=O)CSc2nnc(C3CC3)n2N)C1. The average Bonchev–Trinajstić information content (AvgIpc) is 3.21. The van der Waals surface area contributed by atoms with Crippen LogP contribution in [0.15, 0.2) is 5.16 Å². The molecule has 6 nitrogen and oxygen atoms in total. The number of nitrogens with zero attached hydrogens (tertiary/aromatic N) is 4. The van der Waals surface area contributed by atoms with Gasteiger partial charge in [0.15, 0.2) is 5.82 Å². The Hall–Kier alpha value is -1.24. The van der Waals surface area contributed by atoms with Crippen molar-refractivity contribution in [2.75, 3.05) is 24.7 Å². The van der Waals surface area contributed by atoms with Gasteiger partial charge in [-0.2, -0.15) is 0 Å². The molecule has 1 amide bonds. The standard InChI is InChI=1S/C13H21N5OS/c1-9-3-2-6-17(7-9)11(19)8-20-13-16-15-12(18(13)14)10-4-5-10/h9-10H,2-8,14H2,1H3/t9-/m0/s1. The summed E-state index contributed by atoms with van der Waals surface area (Å²) in [5.41, 5.74) is 0. The molecule has 0 bridgehead atoms. The zero-order chi connectivity index (χ0) is 14.1. The van der Waals surface area contributed by atoms with Gasteiger partial charge in [-0.3, -0.25) is 4.79 Å². The number of rotatable bonds is 4. The molecule has 2 N–H and O–H groups in total. The van der Waals surface area contributed by atoms with Crippen molar-refractivity contribution in [2.24, 2.45) is 5.92 Å². The van der Waals surface area contributed by atoms with Gasteiger partial charge in [0.25, 0.3) is 0 Å². The molecule has 2 aliphatic rings. The number of carbonyl (C=O) groups excluding carboxylic acids is 1. The van der Waals surface area contributed by atoms with E-state index in [1.807, 2.05) is 4.90 Å². The van der Waals surface area contributed by atoms with E-state index in [1.165, 1.54) is 18.2 Å². The van der Waals surface area contributed by atoms with Crippen LogP contribution in [0.25, 0.3) is 0 Å². The molecule has 1 saturated carbocycles. The van der Waals surface area contributed by atoms with Gasteiger partial charge in [0.1, 0.15) is 0 Å². The van der Waals surface area contributed by atoms with E-state index in [2.05, 4.69) is 17.1 Å². The van der Waals surface area contributed by atoms with Crippen LogP contribution in [0.4, 0.5) is 0 Å². The van der Waals surface area contributed by atoms with Gasteiger partial charge in [-0.05, 0) is 31.6 Å². The third-order valence-corrected chi connectivity index (χ3v) is 4.90. The number of hydrogen-bond donors (Lipinski definition) is 1. The van der Waals surface area contributed by atoms with Crippen LogP contribution in [-0.2, 0) is 4.79 Å². The number of thioether (sulfide) groups is 1. The summed E-state index contributed by atoms with van der Waals surface area (Å²) in [4.78, 5) is 14.1. The molecule has 110 valence electrons. The topological polar surface area (TPSA) is 77.0 Å². The zero-order valence-corrected chi connectivity index (χ0v) is 12.6. The number of amides is 1. The summed E-state index contributed by atoms with van der Waals surface area (Å²) in [5, 5.41) is 8.86. The predicted octanol–water partition coefficient (Wildman–Crippen LogP) is 1.22. The lowest BCUT2D eigenvalue weighted by molar-refractivity contribution is -0.130. The van der Waals surface area contributed by atoms with Crippen LogP contribution in [0, 0.1) is 5.92 Å². The molecular formula is C13H21N5OS. The highest BCUT2D eigenvalue weighted by molar-refractivity contribution is 7.99. The van der Waals surface area contributed by atoms with Gasteiger partial charge >= 0.3 is 0 Å². The predicted molar refractivity (Wildman–Crippen MR) is 77.8 cm³/mol. The lowest BCUT2D eigenvalue weighted by Crippen LogP contribution is -2.40. The number of likely N-dealkylation sites (tertiary alicyclic amines) is 1. The third-order valence-electron chi connectivity index (χ3n) is 3.97. The van der Waals surface area contributed by atoms with E-state index in [-0.39, 0.29) is 5.91 Å². The van der Waals surface area contributed by atoms with Gasteiger partial charge in [-0.1, -0.05) is 18.7 Å². The van der Waals surface area contributed by atoms with Crippen molar-refractivity contribution < 1.29 is 4.79 Å². The van der Waals surface area contributed by atoms with Crippen molar-refractivity contribution in [3.8, 4) is 0 Å². The molecule has 0 unspecified atom stereocenters. The van der Waals surface area contributed by atoms with E-state index in [0.29, 0.717) is 22.7 Å². The van der Waals surface area contributed by atoms with Gasteiger partial charge in [0, 0.05) is 19.0 Å². The Morgan fingerprint density at radius 3 is 2.90 bits per heavy atom. The smallest absolute Gasteiger partial charge is 0.233 e. The highest BCUT2D eigenvalue weighted by Crippen LogP contribution is 2.39. The molecule has 1 aromatic rings. The number of nitrogen functional groups attached to an aromatic ring is 1. The van der Waals surface area contributed by atoms with Crippen LogP contribution in [0.1, 0.15) is 44.3 Å². The number of nitrogens with two attached hydrogens (primary N) is 1. The Morgan fingerprint density at radius 2 is 2.20 bits per heavy atom. The summed E-state index contributed by atoms with van der Waals surface area (Å²) in [6.07, 6.45) is 4.62. The molecule has 2 fully saturated rings. The highest BCUT2D eigenvalue weighted by Gasteiger charge is 2.30. The summed E-state index contributed by atoms with van der Waals surface area (Å²) in [7, 11) is 0. The van der Waals surface area contributed by atoms with Crippen LogP contribution in [0.2, 0.25) is 0 Å². The van der Waals surface area contributed by atoms with Crippen LogP contribution < -0.4 is 5.84 Å². The van der Waals surface area contributed by atoms with Crippen molar-refractivity contribution >= 4 is 17.7 Å². The monoisotopic (exact) mass is 295 g/mol. The molecule has 1 aliphatic heterocycles. The van der Waals surface area contributed by atoms with Crippen LogP contribution in [0.5, 0.6) is 0 Å². The molecule has 1 saturated heterocycles. The molecule has 3 rings (SSSR count). The van der Waals surface area contributed by atoms with Crippen molar-refractivity contribution in [3.63, 3.8) is 0 Å². The first-order valence-electron chi connectivity index (χ1n) is 7.26. The minimum atomic E-state index is 0.178. The summed E-state index contributed by atoms with van der Waals surface area (Å²) < 4.78 is 1.55. The number of piperidine rings is 1. The van der Waals surface area contributed by atoms with Crippen molar-refractivity contribution in [2.45, 2.75) is 43.7 Å². The fourth-order valence-electron chi connectivity index (χ4n) is 2.64. The van der Waals surface area contributed by atoms with Crippen molar-refractivity contribution in [3.05, 3.63) is 5.82 Å². The quantitative estimate of drug-likeness (QED) is 0.667. The molecule has 20 heavy (non-hydrogen) atoms. The average molecular weight is 295 g/mol. The van der Waals surface area contributed by atoms with E-state index < -0.39 is 0 Å². The Balaban J connectivity index is 1.54. The lowest BCUT2D eigenvalue weighted by Gasteiger charge is -2.30. The summed E-state index contributed by atoms with van der Waals surface area (Å²) in [6.45, 7) is 3.96. The van der Waals surface area contributed by atoms with Crippen LogP contribution in [0.3, 0.4) is 0 Å². The van der Waals surface area contributed by atoms with E-state index >= 15 is 0 Å². The maximum absolute atomic E-state index is 12.2. The second kappa shape index (κ2) is 5.63. The molecule has 1 atom stereocenters. The van der Waals surface area contributed by atoms with E-state index in [4.69, 9.17) is 5.84 Å². The minimum Gasteiger partial charge on any atom is -0.342 e. The number of hydrogen-bond acceptors (Lipinski definition) is 5. The van der Waals surface area contributed by atoms with Gasteiger partial charge in [0.2, 0.25) is 11.1 Å². The second-order valence-electron chi connectivity index (χ2n) is 5.86. The lowest BCUT2D eigenvalue weighted by atomic mass is 10.0. The van der Waals surface area contributed by atoms with Gasteiger partial charge in [-0.25, -0.2) is 4.68 Å². The summed E-state index contributed by atoms with van der Waals surface area (Å²) in [5.74, 6) is 8.49. The molecule has 7 heteroatoms. The van der Waals surface area contributed by atoms with Gasteiger partial charge in [0.05, 0.1) is 5.75 Å². The van der Waals surface area contributed by atoms with Crippen LogP contribution in [-0.4, -0.2) is 44.5 Å². The largest absolute Gasteiger partial charge is 0.342 e. The van der Waals surface area contributed by atoms with Crippen molar-refractivity contribution in [1.82, 2.24) is 19.8 Å². The maximum atomic E-state index is 12.2. The zero-order valence-electron chi connectivity index (χ0n) is 11.8. The van der Waals surface area contributed by atoms with E-state index in [9.17, 15) is 4.79 Å². The molecule has 1 aromatic heterocycles.